The highest BCUT2D eigenvalue weighted by Gasteiger charge is 2.24. The lowest BCUT2D eigenvalue weighted by molar-refractivity contribution is -0.168. The minimum Gasteiger partial charge on any atom is -0.497 e. The normalized spacial score (nSPS) is 11.8. The van der Waals surface area contributed by atoms with E-state index in [4.69, 9.17) is 43.4 Å². The van der Waals surface area contributed by atoms with Crippen molar-refractivity contribution in [2.75, 3.05) is 89.9 Å². The number of carboxylic acid groups (broad SMARTS) is 3. The Morgan fingerprint density at radius 3 is 1.09 bits per heavy atom. The minimum absolute atomic E-state index is 0.0330. The molecule has 0 radical (unpaired) electrons. The number of carbonyl (C=O) groups excluding carboxylic acids is 3. The Morgan fingerprint density at radius 2 is 0.720 bits per heavy atom. The molecule has 3 atom stereocenters. The molecule has 0 amide bonds. The van der Waals surface area contributed by atoms with E-state index in [-0.39, 0.29) is 17.7 Å². The van der Waals surface area contributed by atoms with Crippen molar-refractivity contribution in [3.63, 3.8) is 0 Å². The molecule has 496 valence electrons. The molecule has 19 heteroatoms. The van der Waals surface area contributed by atoms with Crippen LogP contribution in [0.5, 0.6) is 23.0 Å². The maximum atomic E-state index is 12.7. The number of rotatable bonds is 32. The van der Waals surface area contributed by atoms with Gasteiger partial charge in [0.25, 0.3) is 0 Å². The van der Waals surface area contributed by atoms with Crippen LogP contribution >= 0.6 is 0 Å². The molecule has 19 nitrogen and oxygen atoms in total. The maximum absolute atomic E-state index is 12.7. The van der Waals surface area contributed by atoms with Gasteiger partial charge in [0.05, 0.1) is 32.5 Å². The fraction of sp³-hybridized carbons (Fsp3) is 0.351. The second-order valence-electron chi connectivity index (χ2n) is 22.9. The highest BCUT2D eigenvalue weighted by molar-refractivity contribution is 6.29. The van der Waals surface area contributed by atoms with Gasteiger partial charge < -0.3 is 63.2 Å². The largest absolute Gasteiger partial charge is 0.497 e. The number of aryl methyl sites for hydroxylation is 8. The summed E-state index contributed by atoms with van der Waals surface area (Å²) in [4.78, 5) is 74.2. The quantitative estimate of drug-likeness (QED) is 0.0202. The van der Waals surface area contributed by atoms with Crippen molar-refractivity contribution in [2.24, 2.45) is 0 Å². The van der Waals surface area contributed by atoms with Crippen LogP contribution in [0.15, 0.2) is 170 Å². The number of methoxy groups -OCH3 is 3. The summed E-state index contributed by atoms with van der Waals surface area (Å²) >= 11 is 0. The Hall–Kier alpha value is -9.56. The van der Waals surface area contributed by atoms with Crippen LogP contribution in [-0.4, -0.2) is 174 Å². The van der Waals surface area contributed by atoms with Gasteiger partial charge in [0.1, 0.15) is 47.9 Å². The molecule has 0 bridgehead atoms. The zero-order valence-electron chi connectivity index (χ0n) is 54.8. The Labute approximate surface area is 546 Å². The van der Waals surface area contributed by atoms with E-state index in [0.717, 1.165) is 67.1 Å². The second-order valence-corrected chi connectivity index (χ2v) is 22.9. The molecular weight excluding hydrogens is 1190 g/mol. The van der Waals surface area contributed by atoms with Crippen molar-refractivity contribution >= 4 is 35.8 Å². The van der Waals surface area contributed by atoms with Gasteiger partial charge in [-0.15, -0.1) is 0 Å². The third kappa shape index (κ3) is 27.4. The molecule has 0 aliphatic heterocycles. The summed E-state index contributed by atoms with van der Waals surface area (Å²) in [5.41, 5.74) is 9.83. The summed E-state index contributed by atoms with van der Waals surface area (Å²) in [7, 11) is 16.2. The summed E-state index contributed by atoms with van der Waals surface area (Å²) in [5, 5.41) is 26.8. The van der Waals surface area contributed by atoms with E-state index in [1.165, 1.54) is 63.2 Å². The standard InChI is InChI=1S/C28H31NO6.2C23H29NO5/c1-29(2)18-25(35-28(32)23-9-6-8-22(17-23)27(30)31)19-34-26-10-5-4-7-21(26)14-11-20-12-15-24(33-3)16-13-20;2*1-24(2)16-21(29-23(27)22(25)26)15-12-19-7-5-4-6-18(19)11-8-17-9-13-20(28-3)14-10-17/h4-10,12-13,15-17,25H,11,14,18-19H2,1-3H3,(H,30,31);2*4-7,9-10,13-14,21H,8,11-12,15-16H2,1-3H3,(H,25,26)/t;2*21-/m.10/s1. The third-order valence-electron chi connectivity index (χ3n) is 14.9. The fourth-order valence-corrected chi connectivity index (χ4v) is 10.1. The van der Waals surface area contributed by atoms with Crippen molar-refractivity contribution in [3.8, 4) is 23.0 Å². The number of ether oxygens (including phenoxy) is 7. The van der Waals surface area contributed by atoms with Crippen molar-refractivity contribution in [1.29, 1.82) is 0 Å². The monoisotopic (exact) mass is 1280 g/mol. The first-order valence-electron chi connectivity index (χ1n) is 30.7. The van der Waals surface area contributed by atoms with Gasteiger partial charge in [0.15, 0.2) is 0 Å². The molecule has 0 spiro atoms. The fourth-order valence-electron chi connectivity index (χ4n) is 10.1. The lowest BCUT2D eigenvalue weighted by Gasteiger charge is -2.22. The predicted octanol–water partition coefficient (Wildman–Crippen LogP) is 10.3. The first kappa shape index (κ1) is 74.2. The van der Waals surface area contributed by atoms with Crippen LogP contribution in [0.25, 0.3) is 0 Å². The number of aromatic carboxylic acids is 1. The molecule has 7 rings (SSSR count). The van der Waals surface area contributed by atoms with E-state index in [9.17, 15) is 33.9 Å². The van der Waals surface area contributed by atoms with E-state index in [1.54, 1.807) is 21.3 Å². The summed E-state index contributed by atoms with van der Waals surface area (Å²) in [6.07, 6.45) is 6.34. The van der Waals surface area contributed by atoms with Crippen LogP contribution in [-0.2, 0) is 84.8 Å². The van der Waals surface area contributed by atoms with E-state index < -0.39 is 54.1 Å². The molecule has 0 fully saturated rings. The third-order valence-corrected chi connectivity index (χ3v) is 14.9. The van der Waals surface area contributed by atoms with Gasteiger partial charge in [-0.05, 0) is 212 Å². The van der Waals surface area contributed by atoms with Gasteiger partial charge in [-0.1, -0.05) is 109 Å². The van der Waals surface area contributed by atoms with Gasteiger partial charge >= 0.3 is 35.8 Å². The van der Waals surface area contributed by atoms with Crippen LogP contribution in [0.2, 0.25) is 0 Å². The first-order valence-corrected chi connectivity index (χ1v) is 30.7. The number of benzene rings is 7. The molecule has 0 aliphatic carbocycles. The predicted molar refractivity (Wildman–Crippen MR) is 356 cm³/mol. The van der Waals surface area contributed by atoms with E-state index in [2.05, 4.69) is 48.5 Å². The Balaban J connectivity index is 0.000000255. The highest BCUT2D eigenvalue weighted by atomic mass is 16.6. The topological polar surface area (TPSA) is 237 Å². The molecule has 0 heterocycles. The maximum Gasteiger partial charge on any atom is 0.417 e. The summed E-state index contributed by atoms with van der Waals surface area (Å²) < 4.78 is 37.7. The lowest BCUT2D eigenvalue weighted by atomic mass is 9.96. The van der Waals surface area contributed by atoms with Crippen molar-refractivity contribution in [2.45, 2.75) is 82.5 Å². The molecule has 0 aromatic heterocycles. The average Bonchev–Trinajstić information content (AvgIpc) is 1.96. The number of carbonyl (C=O) groups is 6. The van der Waals surface area contributed by atoms with Gasteiger partial charge in [0.2, 0.25) is 0 Å². The molecule has 0 aliphatic rings. The molecule has 3 N–H and O–H groups in total. The molecule has 7 aromatic carbocycles. The number of aliphatic carboxylic acids is 2. The summed E-state index contributed by atoms with van der Waals surface area (Å²) in [5.74, 6) is -3.96. The lowest BCUT2D eigenvalue weighted by Crippen LogP contribution is -2.35. The molecule has 0 saturated heterocycles. The number of carboxylic acids is 3. The second kappa shape index (κ2) is 39.6. The van der Waals surface area contributed by atoms with E-state index in [1.807, 2.05) is 154 Å². The van der Waals surface area contributed by atoms with Crippen LogP contribution in [0, 0.1) is 0 Å². The number of hydrogen-bond acceptors (Lipinski definition) is 16. The first-order chi connectivity index (χ1) is 44.6. The molecule has 93 heavy (non-hydrogen) atoms. The summed E-state index contributed by atoms with van der Waals surface area (Å²) in [6.45, 7) is 1.58. The number of esters is 3. The SMILES string of the molecule is COc1ccc(CCc2ccccc2CC[C@@H](CN(C)C)OC(=O)C(=O)O)cc1.COc1ccc(CCc2ccccc2CC[C@H](CN(C)C)OC(=O)C(=O)O)cc1.COc1ccc(CCc2ccccc2OCC(CN(C)C)OC(=O)c2cccc(C(=O)O)c2)cc1. The van der Waals surface area contributed by atoms with Gasteiger partial charge in [0, 0.05) is 19.6 Å². The van der Waals surface area contributed by atoms with Gasteiger partial charge in [-0.3, -0.25) is 0 Å². The highest BCUT2D eigenvalue weighted by Crippen LogP contribution is 2.24. The van der Waals surface area contributed by atoms with E-state index >= 15 is 0 Å². The smallest absolute Gasteiger partial charge is 0.417 e. The van der Waals surface area contributed by atoms with Crippen molar-refractivity contribution in [3.05, 3.63) is 225 Å². The number of para-hydroxylation sites is 1. The number of hydrogen-bond donors (Lipinski definition) is 3. The van der Waals surface area contributed by atoms with Gasteiger partial charge in [-0.25, -0.2) is 28.8 Å². The summed E-state index contributed by atoms with van der Waals surface area (Å²) in [6, 6.07) is 54.2. The average molecular weight is 1280 g/mol. The molecule has 0 saturated carbocycles. The van der Waals surface area contributed by atoms with Crippen LogP contribution in [0.1, 0.15) is 78.1 Å². The van der Waals surface area contributed by atoms with E-state index in [0.29, 0.717) is 45.3 Å². The van der Waals surface area contributed by atoms with Crippen LogP contribution in [0.3, 0.4) is 0 Å². The Morgan fingerprint density at radius 1 is 0.376 bits per heavy atom. The Bertz CT molecular complexity index is 3310. The van der Waals surface area contributed by atoms with Crippen LogP contribution in [0.4, 0.5) is 0 Å². The molecular formula is C74H89N3O16. The zero-order valence-corrected chi connectivity index (χ0v) is 54.8. The minimum atomic E-state index is -1.56. The number of nitrogens with zero attached hydrogens (tertiary/aromatic N) is 3. The zero-order chi connectivity index (χ0) is 67.7. The molecule has 1 unspecified atom stereocenters. The van der Waals surface area contributed by atoms with Gasteiger partial charge in [-0.2, -0.15) is 0 Å². The van der Waals surface area contributed by atoms with Crippen LogP contribution < -0.4 is 18.9 Å². The number of likely N-dealkylation sites (N-methyl/N-ethyl adjacent to an activating group) is 3. The molecule has 7 aromatic rings. The van der Waals surface area contributed by atoms with Crippen molar-refractivity contribution in [1.82, 2.24) is 14.7 Å². The van der Waals surface area contributed by atoms with Crippen molar-refractivity contribution < 1.29 is 77.2 Å². The Kier molecular flexibility index (Phi) is 31.6.